The van der Waals surface area contributed by atoms with Crippen LogP contribution in [0.1, 0.15) is 38.8 Å². The summed E-state index contributed by atoms with van der Waals surface area (Å²) in [5.74, 6) is -0.289. The number of halogens is 3. The normalized spacial score (nSPS) is 16.8. The van der Waals surface area contributed by atoms with E-state index in [4.69, 9.17) is 33.3 Å². The summed E-state index contributed by atoms with van der Waals surface area (Å²) >= 11 is 12.9. The van der Waals surface area contributed by atoms with Crippen LogP contribution in [0.25, 0.3) is 11.3 Å². The number of aryl methyl sites for hydroxylation is 1. The predicted octanol–water partition coefficient (Wildman–Crippen LogP) is 5.77. The second kappa shape index (κ2) is 9.24. The average molecular weight is 481 g/mol. The lowest BCUT2D eigenvalue weighted by molar-refractivity contribution is 0.0133. The summed E-state index contributed by atoms with van der Waals surface area (Å²) < 4.78 is 19.9. The van der Waals surface area contributed by atoms with Crippen molar-refractivity contribution < 1.29 is 13.9 Å². The van der Waals surface area contributed by atoms with Gasteiger partial charge < -0.3 is 14.5 Å². The molecule has 6 nitrogen and oxygen atoms in total. The van der Waals surface area contributed by atoms with E-state index in [9.17, 15) is 9.18 Å². The Kier molecular flexibility index (Phi) is 7.00. The first kappa shape index (κ1) is 24.3. The minimum atomic E-state index is -0.571. The number of carbonyl (C=O) groups is 1. The number of aromatic nitrogens is 1. The number of nitrogens with zero attached hydrogens (tertiary/aromatic N) is 3. The van der Waals surface area contributed by atoms with Gasteiger partial charge in [0.05, 0.1) is 16.3 Å². The molecule has 0 bridgehead atoms. The molecule has 0 spiro atoms. The molecule has 1 aliphatic rings. The van der Waals surface area contributed by atoms with Crippen LogP contribution >= 0.6 is 23.2 Å². The second-order valence-corrected chi connectivity index (χ2v) is 9.67. The van der Waals surface area contributed by atoms with Crippen LogP contribution in [0.4, 0.5) is 9.18 Å². The molecule has 1 aromatic heterocycles. The Balaban J connectivity index is 1.82. The van der Waals surface area contributed by atoms with Crippen molar-refractivity contribution in [2.75, 3.05) is 19.6 Å². The smallest absolute Gasteiger partial charge is 0.410 e. The summed E-state index contributed by atoms with van der Waals surface area (Å²) in [6.45, 7) is 10.4. The van der Waals surface area contributed by atoms with Gasteiger partial charge in [-0.05, 0) is 52.3 Å². The zero-order valence-electron chi connectivity index (χ0n) is 18.8. The summed E-state index contributed by atoms with van der Waals surface area (Å²) in [5, 5.41) is 8.98. The van der Waals surface area contributed by atoms with Crippen LogP contribution in [0.15, 0.2) is 24.3 Å². The highest BCUT2D eigenvalue weighted by Crippen LogP contribution is 2.34. The number of amidine groups is 1. The van der Waals surface area contributed by atoms with Gasteiger partial charge in [-0.1, -0.05) is 35.3 Å². The van der Waals surface area contributed by atoms with Crippen LogP contribution in [-0.4, -0.2) is 58.0 Å². The number of piperazine rings is 1. The van der Waals surface area contributed by atoms with Gasteiger partial charge in [-0.3, -0.25) is 5.41 Å². The van der Waals surface area contributed by atoms with Crippen molar-refractivity contribution in [2.24, 2.45) is 0 Å². The van der Waals surface area contributed by atoms with Gasteiger partial charge in [0.25, 0.3) is 0 Å². The van der Waals surface area contributed by atoms with Gasteiger partial charge in [-0.25, -0.2) is 14.2 Å². The van der Waals surface area contributed by atoms with Crippen molar-refractivity contribution in [3.05, 3.63) is 51.4 Å². The molecule has 1 saturated heterocycles. The summed E-state index contributed by atoms with van der Waals surface area (Å²) in [6, 6.07) is 6.13. The number of ether oxygens (including phenoxy) is 1. The third-order valence-electron chi connectivity index (χ3n) is 5.21. The monoisotopic (exact) mass is 480 g/mol. The Hall–Kier alpha value is -2.38. The van der Waals surface area contributed by atoms with E-state index in [1.807, 2.05) is 32.6 Å². The van der Waals surface area contributed by atoms with E-state index >= 15 is 0 Å². The first-order valence-electron chi connectivity index (χ1n) is 10.3. The van der Waals surface area contributed by atoms with Crippen molar-refractivity contribution in [1.82, 2.24) is 14.8 Å². The first-order chi connectivity index (χ1) is 14.9. The quantitative estimate of drug-likeness (QED) is 0.336. The van der Waals surface area contributed by atoms with E-state index in [1.165, 1.54) is 6.07 Å². The largest absolute Gasteiger partial charge is 0.444 e. The predicted molar refractivity (Wildman–Crippen MR) is 125 cm³/mol. The maximum Gasteiger partial charge on any atom is 0.410 e. The molecular formula is C23H27Cl2FN4O2. The minimum absolute atomic E-state index is 0.0684. The molecule has 1 atom stereocenters. The number of hydrogen-bond acceptors (Lipinski definition) is 4. The molecule has 1 aromatic carbocycles. The van der Waals surface area contributed by atoms with Crippen molar-refractivity contribution in [3.63, 3.8) is 0 Å². The molecule has 0 aliphatic carbocycles. The van der Waals surface area contributed by atoms with Crippen LogP contribution in [0.3, 0.4) is 0 Å². The number of carbonyl (C=O) groups excluding carboxylic acids is 1. The second-order valence-electron chi connectivity index (χ2n) is 8.91. The van der Waals surface area contributed by atoms with Crippen molar-refractivity contribution in [1.29, 1.82) is 5.41 Å². The van der Waals surface area contributed by atoms with Crippen LogP contribution in [0.2, 0.25) is 10.2 Å². The average Bonchev–Trinajstić information content (AvgIpc) is 2.68. The van der Waals surface area contributed by atoms with Crippen LogP contribution in [-0.2, 0) is 4.74 Å². The SMILES string of the molecule is Cc1cccc(F)c1-c1nc(Cl)c(C(=N)N2CCN(C(=O)OC(C)(C)C)C[C@@H]2C)cc1Cl. The third kappa shape index (κ3) is 5.15. The van der Waals surface area contributed by atoms with Gasteiger partial charge in [0.2, 0.25) is 0 Å². The Labute approximate surface area is 197 Å². The Bertz CT molecular complexity index is 1030. The summed E-state index contributed by atoms with van der Waals surface area (Å²) in [5.41, 5.74) is 0.999. The molecule has 9 heteroatoms. The molecule has 32 heavy (non-hydrogen) atoms. The topological polar surface area (TPSA) is 69.5 Å². The summed E-state index contributed by atoms with van der Waals surface area (Å²) in [6.07, 6.45) is -0.372. The van der Waals surface area contributed by atoms with Gasteiger partial charge in [-0.2, -0.15) is 0 Å². The highest BCUT2D eigenvalue weighted by atomic mass is 35.5. The lowest BCUT2D eigenvalue weighted by Crippen LogP contribution is -2.56. The number of nitrogens with one attached hydrogen (secondary N) is 1. The minimum Gasteiger partial charge on any atom is -0.444 e. The van der Waals surface area contributed by atoms with E-state index in [0.29, 0.717) is 30.8 Å². The van der Waals surface area contributed by atoms with E-state index in [0.717, 1.165) is 0 Å². The molecule has 0 saturated carbocycles. The highest BCUT2D eigenvalue weighted by molar-refractivity contribution is 6.36. The molecule has 1 fully saturated rings. The first-order valence-corrected chi connectivity index (χ1v) is 11.1. The molecule has 172 valence electrons. The lowest BCUT2D eigenvalue weighted by atomic mass is 10.0. The van der Waals surface area contributed by atoms with Gasteiger partial charge >= 0.3 is 6.09 Å². The van der Waals surface area contributed by atoms with Gasteiger partial charge in [0, 0.05) is 31.2 Å². The van der Waals surface area contributed by atoms with Crippen molar-refractivity contribution >= 4 is 35.1 Å². The van der Waals surface area contributed by atoms with Crippen molar-refractivity contribution in [2.45, 2.75) is 46.3 Å². The fourth-order valence-corrected chi connectivity index (χ4v) is 4.15. The molecule has 2 aromatic rings. The number of benzene rings is 1. The van der Waals surface area contributed by atoms with E-state index in [2.05, 4.69) is 4.98 Å². The van der Waals surface area contributed by atoms with Gasteiger partial charge in [0.15, 0.2) is 0 Å². The van der Waals surface area contributed by atoms with Crippen LogP contribution in [0.5, 0.6) is 0 Å². The Morgan fingerprint density at radius 3 is 2.56 bits per heavy atom. The zero-order valence-corrected chi connectivity index (χ0v) is 20.3. The van der Waals surface area contributed by atoms with Crippen LogP contribution in [0, 0.1) is 18.2 Å². The summed E-state index contributed by atoms with van der Waals surface area (Å²) in [4.78, 5) is 20.2. The molecule has 1 N–H and O–H groups in total. The lowest BCUT2D eigenvalue weighted by Gasteiger charge is -2.41. The maximum absolute atomic E-state index is 14.4. The fraction of sp³-hybridized carbons (Fsp3) is 0.435. The van der Waals surface area contributed by atoms with Crippen LogP contribution < -0.4 is 0 Å². The number of hydrogen-bond donors (Lipinski definition) is 1. The zero-order chi connectivity index (χ0) is 23.8. The van der Waals surface area contributed by atoms with Gasteiger partial charge in [-0.15, -0.1) is 0 Å². The number of pyridine rings is 1. The molecule has 1 amide bonds. The fourth-order valence-electron chi connectivity index (χ4n) is 3.68. The molecule has 2 heterocycles. The molecular weight excluding hydrogens is 454 g/mol. The number of rotatable bonds is 2. The maximum atomic E-state index is 14.4. The molecule has 1 aliphatic heterocycles. The summed E-state index contributed by atoms with van der Waals surface area (Å²) in [7, 11) is 0. The van der Waals surface area contributed by atoms with Gasteiger partial charge in [0.1, 0.15) is 22.4 Å². The number of amides is 1. The van der Waals surface area contributed by atoms with E-state index in [1.54, 1.807) is 30.0 Å². The standard InChI is InChI=1S/C23H27Cl2FN4O2/c1-13-7-6-8-17(26)18(13)19-16(24)11-15(20(25)28-19)21(27)30-10-9-29(12-14(30)2)22(31)32-23(3,4)5/h6-8,11,14,27H,9-10,12H2,1-5H3/t14-/m0/s1. The van der Waals surface area contributed by atoms with E-state index < -0.39 is 11.4 Å². The Morgan fingerprint density at radius 2 is 1.97 bits per heavy atom. The Morgan fingerprint density at radius 1 is 1.28 bits per heavy atom. The van der Waals surface area contributed by atoms with Crippen molar-refractivity contribution in [3.8, 4) is 11.3 Å². The molecule has 0 radical (unpaired) electrons. The molecule has 3 rings (SSSR count). The third-order valence-corrected chi connectivity index (χ3v) is 5.79. The highest BCUT2D eigenvalue weighted by Gasteiger charge is 2.32. The molecule has 0 unspecified atom stereocenters. The van der Waals surface area contributed by atoms with E-state index in [-0.39, 0.29) is 39.4 Å².